The lowest BCUT2D eigenvalue weighted by molar-refractivity contribution is -0.114. The molecule has 9 heteroatoms. The first-order valence-corrected chi connectivity index (χ1v) is 12.8. The minimum absolute atomic E-state index is 0.0271. The monoisotopic (exact) mass is 472 g/mol. The third-order valence-electron chi connectivity index (χ3n) is 5.79. The molecule has 2 aromatic carbocycles. The quantitative estimate of drug-likeness (QED) is 0.491. The van der Waals surface area contributed by atoms with E-state index in [-0.39, 0.29) is 29.3 Å². The summed E-state index contributed by atoms with van der Waals surface area (Å²) in [6.45, 7) is 4.37. The van der Waals surface area contributed by atoms with Crippen LogP contribution in [0.2, 0.25) is 0 Å². The van der Waals surface area contributed by atoms with Gasteiger partial charge in [-0.05, 0) is 49.2 Å². The van der Waals surface area contributed by atoms with Crippen LogP contribution in [0.5, 0.6) is 0 Å². The first-order valence-electron chi connectivity index (χ1n) is 11.4. The molecule has 0 aliphatic heterocycles. The molecule has 0 spiro atoms. The molecule has 0 bridgehead atoms. The number of anilines is 2. The van der Waals surface area contributed by atoms with Crippen LogP contribution in [-0.2, 0) is 14.8 Å². The van der Waals surface area contributed by atoms with Crippen molar-refractivity contribution >= 4 is 33.2 Å². The first kappa shape index (κ1) is 24.7. The number of sulfonamides is 1. The van der Waals surface area contributed by atoms with Crippen LogP contribution in [0.1, 0.15) is 49.9 Å². The van der Waals surface area contributed by atoms with E-state index >= 15 is 0 Å². The van der Waals surface area contributed by atoms with Crippen LogP contribution in [0, 0.1) is 0 Å². The second kappa shape index (κ2) is 11.3. The Bertz CT molecular complexity index is 1060. The Morgan fingerprint density at radius 2 is 1.61 bits per heavy atom. The van der Waals surface area contributed by atoms with Crippen molar-refractivity contribution in [2.45, 2.75) is 50.5 Å². The highest BCUT2D eigenvalue weighted by atomic mass is 32.2. The number of rotatable bonds is 10. The number of carbonyl (C=O) groups is 2. The van der Waals surface area contributed by atoms with E-state index < -0.39 is 10.0 Å². The van der Waals surface area contributed by atoms with Gasteiger partial charge in [0.05, 0.1) is 22.7 Å². The molecule has 0 aromatic heterocycles. The van der Waals surface area contributed by atoms with Gasteiger partial charge in [-0.15, -0.1) is 0 Å². The van der Waals surface area contributed by atoms with Crippen LogP contribution in [0.3, 0.4) is 0 Å². The van der Waals surface area contributed by atoms with Crippen molar-refractivity contribution in [2.24, 2.45) is 0 Å². The first-order chi connectivity index (χ1) is 15.8. The minimum atomic E-state index is -3.52. The predicted octanol–water partition coefficient (Wildman–Crippen LogP) is 3.44. The summed E-state index contributed by atoms with van der Waals surface area (Å²) in [7, 11) is -3.52. The van der Waals surface area contributed by atoms with Gasteiger partial charge in [-0.25, -0.2) is 8.42 Å². The molecule has 1 aliphatic rings. The second-order valence-electron chi connectivity index (χ2n) is 8.02. The van der Waals surface area contributed by atoms with Gasteiger partial charge in [0, 0.05) is 24.8 Å². The molecule has 3 N–H and O–H groups in total. The van der Waals surface area contributed by atoms with E-state index in [0.717, 1.165) is 25.7 Å². The largest absolute Gasteiger partial charge is 0.376 e. The minimum Gasteiger partial charge on any atom is -0.376 e. The van der Waals surface area contributed by atoms with Crippen LogP contribution in [-0.4, -0.2) is 50.2 Å². The summed E-state index contributed by atoms with van der Waals surface area (Å²) in [6, 6.07) is 13.4. The van der Waals surface area contributed by atoms with Gasteiger partial charge in [-0.2, -0.15) is 4.31 Å². The molecular formula is C24H32N4O4S. The van der Waals surface area contributed by atoms with Gasteiger partial charge in [0.25, 0.3) is 5.91 Å². The SMILES string of the molecule is CCN(CC)S(=O)(=O)c1ccc(NCC(=O)Nc2ccccc2C(=O)NC2CCCC2)cc1. The molecule has 1 fully saturated rings. The number of nitrogens with zero attached hydrogens (tertiary/aromatic N) is 1. The Kier molecular flexibility index (Phi) is 8.46. The fourth-order valence-corrected chi connectivity index (χ4v) is 5.42. The summed E-state index contributed by atoms with van der Waals surface area (Å²) >= 11 is 0. The van der Waals surface area contributed by atoms with Crippen LogP contribution in [0.15, 0.2) is 53.4 Å². The zero-order valence-electron chi connectivity index (χ0n) is 19.1. The van der Waals surface area contributed by atoms with Crippen molar-refractivity contribution in [3.05, 3.63) is 54.1 Å². The van der Waals surface area contributed by atoms with E-state index in [1.807, 2.05) is 0 Å². The summed E-state index contributed by atoms with van der Waals surface area (Å²) in [5, 5.41) is 8.82. The Morgan fingerprint density at radius 3 is 2.24 bits per heavy atom. The van der Waals surface area contributed by atoms with E-state index in [4.69, 9.17) is 0 Å². The lowest BCUT2D eigenvalue weighted by atomic mass is 10.1. The molecule has 0 saturated heterocycles. The molecule has 1 saturated carbocycles. The van der Waals surface area contributed by atoms with Crippen LogP contribution >= 0.6 is 0 Å². The summed E-state index contributed by atoms with van der Waals surface area (Å²) < 4.78 is 26.6. The van der Waals surface area contributed by atoms with Gasteiger partial charge in [0.1, 0.15) is 0 Å². The maximum absolute atomic E-state index is 12.7. The summed E-state index contributed by atoms with van der Waals surface area (Å²) in [4.78, 5) is 25.4. The van der Waals surface area contributed by atoms with E-state index in [1.165, 1.54) is 16.4 Å². The lowest BCUT2D eigenvalue weighted by Crippen LogP contribution is -2.33. The van der Waals surface area contributed by atoms with Gasteiger partial charge >= 0.3 is 0 Å². The summed E-state index contributed by atoms with van der Waals surface area (Å²) in [5.74, 6) is -0.494. The Hall–Kier alpha value is -2.91. The maximum Gasteiger partial charge on any atom is 0.253 e. The smallest absolute Gasteiger partial charge is 0.253 e. The number of amides is 2. The maximum atomic E-state index is 12.7. The van der Waals surface area contributed by atoms with Crippen molar-refractivity contribution in [1.82, 2.24) is 9.62 Å². The predicted molar refractivity (Wildman–Crippen MR) is 130 cm³/mol. The highest BCUT2D eigenvalue weighted by Gasteiger charge is 2.22. The van der Waals surface area contributed by atoms with E-state index in [1.54, 1.807) is 50.2 Å². The third kappa shape index (κ3) is 6.33. The molecule has 2 amide bonds. The summed E-state index contributed by atoms with van der Waals surface area (Å²) in [5.41, 5.74) is 1.51. The Balaban J connectivity index is 1.58. The molecule has 0 atom stereocenters. The second-order valence-corrected chi connectivity index (χ2v) is 9.95. The number of carbonyl (C=O) groups excluding carboxylic acids is 2. The van der Waals surface area contributed by atoms with E-state index in [2.05, 4.69) is 16.0 Å². The average Bonchev–Trinajstić information content (AvgIpc) is 3.32. The zero-order chi connectivity index (χ0) is 23.8. The highest BCUT2D eigenvalue weighted by Crippen LogP contribution is 2.21. The fraction of sp³-hybridized carbons (Fsp3) is 0.417. The van der Waals surface area contributed by atoms with Gasteiger partial charge in [-0.3, -0.25) is 9.59 Å². The molecule has 33 heavy (non-hydrogen) atoms. The van der Waals surface area contributed by atoms with Gasteiger partial charge < -0.3 is 16.0 Å². The van der Waals surface area contributed by atoms with Crippen LogP contribution < -0.4 is 16.0 Å². The fourth-order valence-electron chi connectivity index (χ4n) is 3.96. The normalized spacial score (nSPS) is 14.3. The number of hydrogen-bond donors (Lipinski definition) is 3. The van der Waals surface area contributed by atoms with Gasteiger partial charge in [-0.1, -0.05) is 38.8 Å². The molecule has 3 rings (SSSR count). The topological polar surface area (TPSA) is 108 Å². The molecular weight excluding hydrogens is 440 g/mol. The number of hydrogen-bond acceptors (Lipinski definition) is 5. The van der Waals surface area contributed by atoms with Gasteiger partial charge in [0.2, 0.25) is 15.9 Å². The molecule has 0 heterocycles. The Morgan fingerprint density at radius 1 is 0.970 bits per heavy atom. The molecule has 2 aromatic rings. The highest BCUT2D eigenvalue weighted by molar-refractivity contribution is 7.89. The van der Waals surface area contributed by atoms with Gasteiger partial charge in [0.15, 0.2) is 0 Å². The van der Waals surface area contributed by atoms with Crippen molar-refractivity contribution in [1.29, 1.82) is 0 Å². The van der Waals surface area contributed by atoms with Crippen molar-refractivity contribution in [2.75, 3.05) is 30.3 Å². The average molecular weight is 473 g/mol. The van der Waals surface area contributed by atoms with E-state index in [9.17, 15) is 18.0 Å². The van der Waals surface area contributed by atoms with E-state index in [0.29, 0.717) is 30.0 Å². The third-order valence-corrected chi connectivity index (χ3v) is 7.85. The lowest BCUT2D eigenvalue weighted by Gasteiger charge is -2.18. The molecule has 1 aliphatic carbocycles. The zero-order valence-corrected chi connectivity index (χ0v) is 20.0. The van der Waals surface area contributed by atoms with Crippen molar-refractivity contribution in [3.8, 4) is 0 Å². The standard InChI is InChI=1S/C24H32N4O4S/c1-3-28(4-2)33(31,32)20-15-13-18(14-16-20)25-17-23(29)27-22-12-8-7-11-21(22)24(30)26-19-9-5-6-10-19/h7-8,11-16,19,25H,3-6,9-10,17H2,1-2H3,(H,26,30)(H,27,29). The van der Waals surface area contributed by atoms with Crippen LogP contribution in [0.25, 0.3) is 0 Å². The van der Waals surface area contributed by atoms with Crippen molar-refractivity contribution < 1.29 is 18.0 Å². The molecule has 8 nitrogen and oxygen atoms in total. The Labute approximate surface area is 195 Å². The number of para-hydroxylation sites is 1. The molecule has 0 unspecified atom stereocenters. The molecule has 0 radical (unpaired) electrons. The number of nitrogens with one attached hydrogen (secondary N) is 3. The number of benzene rings is 2. The van der Waals surface area contributed by atoms with Crippen LogP contribution in [0.4, 0.5) is 11.4 Å². The van der Waals surface area contributed by atoms with Crippen molar-refractivity contribution in [3.63, 3.8) is 0 Å². The summed E-state index contributed by atoms with van der Waals surface area (Å²) in [6.07, 6.45) is 4.22. The molecule has 178 valence electrons.